The van der Waals surface area contributed by atoms with Gasteiger partial charge in [-0.3, -0.25) is 9.80 Å². The molecule has 0 unspecified atom stereocenters. The number of ether oxygens (including phenoxy) is 4. The zero-order chi connectivity index (χ0) is 32.5. The molecule has 0 bridgehead atoms. The Balaban J connectivity index is 1.35. The number of methoxy groups -OCH3 is 4. The van der Waals surface area contributed by atoms with Gasteiger partial charge >= 0.3 is 0 Å². The second-order valence-electron chi connectivity index (χ2n) is 14.6. The summed E-state index contributed by atoms with van der Waals surface area (Å²) in [6, 6.07) is 9.34. The van der Waals surface area contributed by atoms with Crippen LogP contribution in [0.5, 0.6) is 23.0 Å². The maximum absolute atomic E-state index is 5.73. The Morgan fingerprint density at radius 1 is 0.609 bits per heavy atom. The monoisotopic (exact) mass is 630 g/mol. The van der Waals surface area contributed by atoms with Crippen LogP contribution in [0.1, 0.15) is 87.7 Å². The molecular formula is C38H54N4O4. The standard InChI is InChI=1S/C38H54N4O4/c1-23(2)13-27-21-41-11-9-25-15-35(43-5)37(45-7)17-29(25)33(41)19-31(27)39-40-32-20-34-30-18-38(46-8)36(44-6)16-26(30)10-12-42(34)22-28(32)14-24(3)4/h15-18,23-24,27-28,33-34H,9-14,19-22H2,1-8H3/b39-31+,40-32+/t27-,28-,33-,34+/m1/s1. The van der Waals surface area contributed by atoms with E-state index in [0.29, 0.717) is 23.7 Å². The van der Waals surface area contributed by atoms with Crippen molar-refractivity contribution < 1.29 is 18.9 Å². The van der Waals surface area contributed by atoms with Crippen LogP contribution in [0, 0.1) is 23.7 Å². The summed E-state index contributed by atoms with van der Waals surface area (Å²) in [6.07, 6.45) is 6.13. The molecule has 2 aromatic rings. The van der Waals surface area contributed by atoms with Crippen LogP contribution in [-0.2, 0) is 12.8 Å². The van der Waals surface area contributed by atoms with Crippen molar-refractivity contribution in [2.45, 2.75) is 78.3 Å². The first-order valence-electron chi connectivity index (χ1n) is 17.3. The summed E-state index contributed by atoms with van der Waals surface area (Å²) < 4.78 is 22.8. The first kappa shape index (κ1) is 32.8. The van der Waals surface area contributed by atoms with Gasteiger partial charge in [0, 0.05) is 74.4 Å². The quantitative estimate of drug-likeness (QED) is 0.274. The van der Waals surface area contributed by atoms with Crippen molar-refractivity contribution >= 4 is 11.4 Å². The highest BCUT2D eigenvalue weighted by atomic mass is 16.5. The van der Waals surface area contributed by atoms with Gasteiger partial charge in [-0.15, -0.1) is 0 Å². The van der Waals surface area contributed by atoms with Crippen LogP contribution in [0.3, 0.4) is 0 Å². The fourth-order valence-corrected chi connectivity index (χ4v) is 8.51. The molecule has 2 fully saturated rings. The van der Waals surface area contributed by atoms with E-state index in [1.807, 2.05) is 0 Å². The number of hydrogen-bond acceptors (Lipinski definition) is 8. The van der Waals surface area contributed by atoms with Crippen LogP contribution in [0.2, 0.25) is 0 Å². The Kier molecular flexibility index (Phi) is 9.95. The van der Waals surface area contributed by atoms with Gasteiger partial charge in [-0.05, 0) is 84.0 Å². The largest absolute Gasteiger partial charge is 0.493 e. The molecule has 0 radical (unpaired) electrons. The Morgan fingerprint density at radius 2 is 0.978 bits per heavy atom. The summed E-state index contributed by atoms with van der Waals surface area (Å²) in [5.41, 5.74) is 7.93. The van der Waals surface area contributed by atoms with Crippen LogP contribution in [0.25, 0.3) is 0 Å². The van der Waals surface area contributed by atoms with Crippen LogP contribution in [-0.4, -0.2) is 75.8 Å². The van der Waals surface area contributed by atoms with E-state index in [0.717, 1.165) is 87.7 Å². The normalized spacial score (nSPS) is 26.5. The summed E-state index contributed by atoms with van der Waals surface area (Å²) in [6.45, 7) is 13.5. The molecule has 4 aliphatic rings. The molecule has 0 aromatic heterocycles. The minimum atomic E-state index is 0.284. The molecule has 0 N–H and O–H groups in total. The maximum Gasteiger partial charge on any atom is 0.161 e. The average molecular weight is 631 g/mol. The van der Waals surface area contributed by atoms with E-state index in [2.05, 4.69) is 61.8 Å². The molecular weight excluding hydrogens is 576 g/mol. The Hall–Kier alpha value is -3.10. The molecule has 6 rings (SSSR count). The number of hydrogen-bond donors (Lipinski definition) is 0. The van der Waals surface area contributed by atoms with E-state index >= 15 is 0 Å². The third-order valence-corrected chi connectivity index (χ3v) is 10.7. The predicted molar refractivity (Wildman–Crippen MR) is 185 cm³/mol. The molecule has 0 spiro atoms. The van der Waals surface area contributed by atoms with Gasteiger partial charge in [-0.1, -0.05) is 27.7 Å². The summed E-state index contributed by atoms with van der Waals surface area (Å²) in [4.78, 5) is 5.35. The smallest absolute Gasteiger partial charge is 0.161 e. The molecule has 4 heterocycles. The number of piperidine rings is 2. The zero-order valence-corrected chi connectivity index (χ0v) is 29.3. The van der Waals surface area contributed by atoms with Crippen LogP contribution in [0.4, 0.5) is 0 Å². The van der Waals surface area contributed by atoms with E-state index in [1.54, 1.807) is 28.4 Å². The maximum atomic E-state index is 5.73. The third-order valence-electron chi connectivity index (χ3n) is 10.7. The molecule has 4 atom stereocenters. The Labute approximate surface area is 276 Å². The SMILES string of the molecule is COc1cc2c(cc1OC)[C@H]1C/C(=N\N=C3/C[C@H]4c5cc(OC)c(OC)cc5CCN4C[C@H]3CC(C)C)[C@H](CC(C)C)CN1CC2. The third kappa shape index (κ3) is 6.52. The van der Waals surface area contributed by atoms with E-state index in [4.69, 9.17) is 29.2 Å². The van der Waals surface area contributed by atoms with Gasteiger partial charge in [0.2, 0.25) is 0 Å². The molecule has 0 saturated carbocycles. The molecule has 8 heteroatoms. The second-order valence-corrected chi connectivity index (χ2v) is 14.6. The summed E-state index contributed by atoms with van der Waals surface area (Å²) in [5.74, 6) is 5.26. The lowest BCUT2D eigenvalue weighted by molar-refractivity contribution is 0.146. The van der Waals surface area contributed by atoms with Gasteiger partial charge in [0.15, 0.2) is 23.0 Å². The molecule has 0 aliphatic carbocycles. The molecule has 250 valence electrons. The topological polar surface area (TPSA) is 68.1 Å². The molecule has 2 aromatic carbocycles. The van der Waals surface area contributed by atoms with Crippen molar-refractivity contribution in [2.75, 3.05) is 54.6 Å². The highest BCUT2D eigenvalue weighted by molar-refractivity contribution is 5.92. The first-order chi connectivity index (χ1) is 22.2. The van der Waals surface area contributed by atoms with Crippen molar-refractivity contribution in [1.29, 1.82) is 0 Å². The lowest BCUT2D eigenvalue weighted by atomic mass is 9.79. The highest BCUT2D eigenvalue weighted by Crippen LogP contribution is 2.45. The van der Waals surface area contributed by atoms with E-state index in [-0.39, 0.29) is 12.1 Å². The summed E-state index contributed by atoms with van der Waals surface area (Å²) in [5, 5.41) is 10.5. The van der Waals surface area contributed by atoms with Gasteiger partial charge in [-0.25, -0.2) is 0 Å². The van der Waals surface area contributed by atoms with Crippen molar-refractivity contribution in [3.8, 4) is 23.0 Å². The molecule has 8 nitrogen and oxygen atoms in total. The van der Waals surface area contributed by atoms with Gasteiger partial charge < -0.3 is 18.9 Å². The summed E-state index contributed by atoms with van der Waals surface area (Å²) in [7, 11) is 6.89. The number of fused-ring (bicyclic) bond motifs is 6. The lowest BCUT2D eigenvalue weighted by Gasteiger charge is -2.45. The number of benzene rings is 2. The summed E-state index contributed by atoms with van der Waals surface area (Å²) >= 11 is 0. The van der Waals surface area contributed by atoms with Crippen LogP contribution in [0.15, 0.2) is 34.5 Å². The minimum absolute atomic E-state index is 0.284. The van der Waals surface area contributed by atoms with E-state index in [1.165, 1.54) is 33.7 Å². The van der Waals surface area contributed by atoms with Crippen molar-refractivity contribution in [2.24, 2.45) is 33.9 Å². The predicted octanol–water partition coefficient (Wildman–Crippen LogP) is 7.15. The first-order valence-corrected chi connectivity index (χ1v) is 17.3. The van der Waals surface area contributed by atoms with Crippen LogP contribution < -0.4 is 18.9 Å². The van der Waals surface area contributed by atoms with Crippen LogP contribution >= 0.6 is 0 Å². The second kappa shape index (κ2) is 13.9. The highest BCUT2D eigenvalue weighted by Gasteiger charge is 2.40. The molecule has 2 saturated heterocycles. The zero-order valence-electron chi connectivity index (χ0n) is 29.3. The Morgan fingerprint density at radius 3 is 1.33 bits per heavy atom. The van der Waals surface area contributed by atoms with Gasteiger partial charge in [0.05, 0.1) is 28.4 Å². The molecule has 46 heavy (non-hydrogen) atoms. The minimum Gasteiger partial charge on any atom is -0.493 e. The lowest BCUT2D eigenvalue weighted by Crippen LogP contribution is -2.47. The molecule has 4 aliphatic heterocycles. The van der Waals surface area contributed by atoms with Crippen molar-refractivity contribution in [3.05, 3.63) is 46.5 Å². The van der Waals surface area contributed by atoms with Crippen molar-refractivity contribution in [1.82, 2.24) is 9.80 Å². The van der Waals surface area contributed by atoms with Gasteiger partial charge in [0.25, 0.3) is 0 Å². The van der Waals surface area contributed by atoms with Crippen molar-refractivity contribution in [3.63, 3.8) is 0 Å². The van der Waals surface area contributed by atoms with Gasteiger partial charge in [0.1, 0.15) is 0 Å². The fraction of sp³-hybridized carbons (Fsp3) is 0.632. The van der Waals surface area contributed by atoms with Gasteiger partial charge in [-0.2, -0.15) is 10.2 Å². The van der Waals surface area contributed by atoms with E-state index < -0.39 is 0 Å². The molecule has 0 amide bonds. The number of rotatable bonds is 9. The van der Waals surface area contributed by atoms with E-state index in [9.17, 15) is 0 Å². The Bertz CT molecular complexity index is 1360. The number of nitrogens with zero attached hydrogens (tertiary/aromatic N) is 4. The fourth-order valence-electron chi connectivity index (χ4n) is 8.51. The average Bonchev–Trinajstić information content (AvgIpc) is 3.05.